The molecular weight excluding hydrogens is 360 g/mol. The Morgan fingerprint density at radius 1 is 1.19 bits per heavy atom. The van der Waals surface area contributed by atoms with Gasteiger partial charge in [-0.2, -0.15) is 0 Å². The molecule has 1 amide bonds. The lowest BCUT2D eigenvalue weighted by atomic mass is 10.2. The summed E-state index contributed by atoms with van der Waals surface area (Å²) in [5.74, 6) is 0.871. The van der Waals surface area contributed by atoms with Crippen LogP contribution in [0.15, 0.2) is 42.5 Å². The first-order chi connectivity index (χ1) is 13.2. The van der Waals surface area contributed by atoms with Crippen molar-refractivity contribution in [1.82, 2.24) is 14.5 Å². The van der Waals surface area contributed by atoms with Gasteiger partial charge in [-0.1, -0.05) is 23.7 Å². The van der Waals surface area contributed by atoms with E-state index >= 15 is 0 Å². The van der Waals surface area contributed by atoms with Crippen molar-refractivity contribution in [3.63, 3.8) is 0 Å². The quantitative estimate of drug-likeness (QED) is 0.703. The molecule has 3 aromatic rings. The van der Waals surface area contributed by atoms with Crippen molar-refractivity contribution in [1.29, 1.82) is 0 Å². The number of benzene rings is 2. The minimum absolute atomic E-state index is 0.216. The van der Waals surface area contributed by atoms with Crippen LogP contribution in [0.4, 0.5) is 5.69 Å². The van der Waals surface area contributed by atoms with Gasteiger partial charge in [-0.15, -0.1) is 0 Å². The molecule has 1 aliphatic rings. The maximum atomic E-state index is 12.5. The molecule has 1 N–H and O–H groups in total. The molecule has 1 aromatic heterocycles. The monoisotopic (exact) mass is 382 g/mol. The summed E-state index contributed by atoms with van der Waals surface area (Å²) in [7, 11) is 0. The number of nitrogens with one attached hydrogen (secondary N) is 1. The van der Waals surface area contributed by atoms with Crippen molar-refractivity contribution in [2.75, 3.05) is 18.4 Å². The number of nitrogens with zero attached hydrogens (tertiary/aromatic N) is 3. The lowest BCUT2D eigenvalue weighted by Gasteiger charge is -2.14. The number of carbonyl (C=O) groups is 1. The normalized spacial score (nSPS) is 14.7. The summed E-state index contributed by atoms with van der Waals surface area (Å²) in [6.07, 6.45) is 2.54. The van der Waals surface area contributed by atoms with Crippen molar-refractivity contribution >= 4 is 34.2 Å². The molecule has 27 heavy (non-hydrogen) atoms. The van der Waals surface area contributed by atoms with E-state index in [4.69, 9.17) is 16.6 Å². The summed E-state index contributed by atoms with van der Waals surface area (Å²) in [6.45, 7) is 6.19. The van der Waals surface area contributed by atoms with Crippen molar-refractivity contribution in [2.45, 2.75) is 32.9 Å². The number of carbonyl (C=O) groups excluding carboxylic acids is 1. The molecule has 0 aliphatic carbocycles. The van der Waals surface area contributed by atoms with Crippen LogP contribution >= 0.6 is 11.6 Å². The zero-order chi connectivity index (χ0) is 18.8. The number of hydrogen-bond donors (Lipinski definition) is 1. The van der Waals surface area contributed by atoms with Crippen LogP contribution in [0.1, 0.15) is 35.9 Å². The molecule has 1 fully saturated rings. The van der Waals surface area contributed by atoms with E-state index in [-0.39, 0.29) is 5.91 Å². The summed E-state index contributed by atoms with van der Waals surface area (Å²) in [4.78, 5) is 19.8. The summed E-state index contributed by atoms with van der Waals surface area (Å²) in [5.41, 5.74) is 3.19. The molecule has 2 heterocycles. The summed E-state index contributed by atoms with van der Waals surface area (Å²) in [5, 5.41) is 3.37. The molecule has 0 saturated carbocycles. The summed E-state index contributed by atoms with van der Waals surface area (Å²) >= 11 is 6.12. The first-order valence-corrected chi connectivity index (χ1v) is 9.81. The second kappa shape index (κ2) is 7.71. The van der Waals surface area contributed by atoms with E-state index in [1.54, 1.807) is 18.2 Å². The fraction of sp³-hybridized carbons (Fsp3) is 0.333. The number of imidazole rings is 1. The van der Waals surface area contributed by atoms with E-state index in [9.17, 15) is 4.79 Å². The third-order valence-electron chi connectivity index (χ3n) is 5.08. The third-order valence-corrected chi connectivity index (χ3v) is 5.41. The standard InChI is InChI=1S/C21H23ClN4O/c1-2-26-19-10-9-15(23-21(27)16-7-3-4-8-17(16)22)13-18(19)24-20(26)14-25-11-5-6-12-25/h3-4,7-10,13H,2,5-6,11-12,14H2,1H3,(H,23,27). The lowest BCUT2D eigenvalue weighted by Crippen LogP contribution is -2.21. The highest BCUT2D eigenvalue weighted by molar-refractivity contribution is 6.34. The molecule has 2 aromatic carbocycles. The maximum absolute atomic E-state index is 12.5. The first-order valence-electron chi connectivity index (χ1n) is 9.43. The number of amides is 1. The predicted octanol–water partition coefficient (Wildman–Crippen LogP) is 4.56. The molecule has 0 radical (unpaired) electrons. The van der Waals surface area contributed by atoms with Gasteiger partial charge in [0.25, 0.3) is 5.91 Å². The van der Waals surface area contributed by atoms with E-state index in [2.05, 4.69) is 21.7 Å². The molecule has 0 unspecified atom stereocenters. The fourth-order valence-electron chi connectivity index (χ4n) is 3.72. The molecule has 4 rings (SSSR count). The van der Waals surface area contributed by atoms with Gasteiger partial charge in [0.1, 0.15) is 5.82 Å². The molecule has 6 heteroatoms. The molecule has 0 bridgehead atoms. The highest BCUT2D eigenvalue weighted by Gasteiger charge is 2.17. The highest BCUT2D eigenvalue weighted by Crippen LogP contribution is 2.24. The predicted molar refractivity (Wildman–Crippen MR) is 109 cm³/mol. The second-order valence-corrected chi connectivity index (χ2v) is 7.30. The second-order valence-electron chi connectivity index (χ2n) is 6.89. The van der Waals surface area contributed by atoms with E-state index < -0.39 is 0 Å². The Labute approximate surface area is 163 Å². The number of fused-ring (bicyclic) bond motifs is 1. The summed E-state index contributed by atoms with van der Waals surface area (Å²) < 4.78 is 2.26. The Balaban J connectivity index is 1.60. The largest absolute Gasteiger partial charge is 0.327 e. The van der Waals surface area contributed by atoms with Crippen LogP contribution in [-0.4, -0.2) is 33.4 Å². The number of halogens is 1. The van der Waals surface area contributed by atoms with Crippen LogP contribution in [0.25, 0.3) is 11.0 Å². The van der Waals surface area contributed by atoms with Gasteiger partial charge in [0.15, 0.2) is 0 Å². The van der Waals surface area contributed by atoms with Crippen molar-refractivity contribution in [3.05, 3.63) is 58.9 Å². The molecule has 0 atom stereocenters. The summed E-state index contributed by atoms with van der Waals surface area (Å²) in [6, 6.07) is 12.9. The average molecular weight is 383 g/mol. The van der Waals surface area contributed by atoms with E-state index in [1.807, 2.05) is 24.3 Å². The van der Waals surface area contributed by atoms with Gasteiger partial charge >= 0.3 is 0 Å². The minimum Gasteiger partial charge on any atom is -0.327 e. The maximum Gasteiger partial charge on any atom is 0.257 e. The number of aromatic nitrogens is 2. The Morgan fingerprint density at radius 3 is 2.70 bits per heavy atom. The van der Waals surface area contributed by atoms with Gasteiger partial charge in [0.2, 0.25) is 0 Å². The first kappa shape index (κ1) is 18.0. The Morgan fingerprint density at radius 2 is 1.96 bits per heavy atom. The fourth-order valence-corrected chi connectivity index (χ4v) is 3.94. The Kier molecular flexibility index (Phi) is 5.14. The molecule has 1 aliphatic heterocycles. The number of likely N-dealkylation sites (tertiary alicyclic amines) is 1. The van der Waals surface area contributed by atoms with Gasteiger partial charge < -0.3 is 9.88 Å². The van der Waals surface area contributed by atoms with Crippen molar-refractivity contribution in [2.24, 2.45) is 0 Å². The van der Waals surface area contributed by atoms with Gasteiger partial charge in [-0.3, -0.25) is 9.69 Å². The lowest BCUT2D eigenvalue weighted by molar-refractivity contribution is 0.102. The zero-order valence-electron chi connectivity index (χ0n) is 15.4. The van der Waals surface area contributed by atoms with Gasteiger partial charge in [0, 0.05) is 12.2 Å². The van der Waals surface area contributed by atoms with E-state index in [0.717, 1.165) is 48.7 Å². The smallest absolute Gasteiger partial charge is 0.257 e. The molecule has 1 saturated heterocycles. The molecule has 5 nitrogen and oxygen atoms in total. The van der Waals surface area contributed by atoms with Crippen molar-refractivity contribution in [3.8, 4) is 0 Å². The van der Waals surface area contributed by atoms with E-state index in [0.29, 0.717) is 10.6 Å². The van der Waals surface area contributed by atoms with Crippen LogP contribution in [0.2, 0.25) is 5.02 Å². The van der Waals surface area contributed by atoms with Crippen LogP contribution in [0, 0.1) is 0 Å². The van der Waals surface area contributed by atoms with Crippen LogP contribution in [-0.2, 0) is 13.1 Å². The number of rotatable bonds is 5. The van der Waals surface area contributed by atoms with E-state index in [1.165, 1.54) is 12.8 Å². The number of hydrogen-bond acceptors (Lipinski definition) is 3. The van der Waals surface area contributed by atoms with Gasteiger partial charge in [-0.05, 0) is 63.2 Å². The highest BCUT2D eigenvalue weighted by atomic mass is 35.5. The molecule has 0 spiro atoms. The number of aryl methyl sites for hydroxylation is 1. The van der Waals surface area contributed by atoms with Gasteiger partial charge in [-0.25, -0.2) is 4.98 Å². The van der Waals surface area contributed by atoms with Crippen LogP contribution < -0.4 is 5.32 Å². The van der Waals surface area contributed by atoms with Crippen molar-refractivity contribution < 1.29 is 4.79 Å². The Bertz CT molecular complexity index is 975. The van der Waals surface area contributed by atoms with Crippen LogP contribution in [0.5, 0.6) is 0 Å². The third kappa shape index (κ3) is 3.70. The minimum atomic E-state index is -0.216. The SMILES string of the molecule is CCn1c(CN2CCCC2)nc2cc(NC(=O)c3ccccc3Cl)ccc21. The topological polar surface area (TPSA) is 50.2 Å². The molecule has 140 valence electrons. The average Bonchev–Trinajstić information content (AvgIpc) is 3.29. The zero-order valence-corrected chi connectivity index (χ0v) is 16.2. The van der Waals surface area contributed by atoms with Gasteiger partial charge in [0.05, 0.1) is 28.2 Å². The molecular formula is C21H23ClN4O. The number of anilines is 1. The Hall–Kier alpha value is -2.37. The van der Waals surface area contributed by atoms with Crippen LogP contribution in [0.3, 0.4) is 0 Å².